The van der Waals surface area contributed by atoms with E-state index in [4.69, 9.17) is 0 Å². The lowest BCUT2D eigenvalue weighted by atomic mass is 9.97. The number of hydrogen-bond acceptors (Lipinski definition) is 6. The van der Waals surface area contributed by atoms with Gasteiger partial charge in [-0.25, -0.2) is 8.42 Å². The summed E-state index contributed by atoms with van der Waals surface area (Å²) in [5.41, 5.74) is 2.87. The van der Waals surface area contributed by atoms with Crippen molar-refractivity contribution in [3.8, 4) is 0 Å². The molecular formula is C24H32N2O3S3. The van der Waals surface area contributed by atoms with E-state index < -0.39 is 9.84 Å². The minimum atomic E-state index is -3.27. The molecule has 1 aliphatic heterocycles. The fourth-order valence-corrected chi connectivity index (χ4v) is 7.36. The van der Waals surface area contributed by atoms with Crippen LogP contribution in [-0.4, -0.2) is 45.7 Å². The van der Waals surface area contributed by atoms with Gasteiger partial charge in [-0.15, -0.1) is 0 Å². The lowest BCUT2D eigenvalue weighted by molar-refractivity contribution is -0.121. The van der Waals surface area contributed by atoms with Gasteiger partial charge in [-0.1, -0.05) is 52.3 Å². The predicted octanol–water partition coefficient (Wildman–Crippen LogP) is 5.08. The minimum absolute atomic E-state index is 0.0193. The van der Waals surface area contributed by atoms with E-state index in [0.29, 0.717) is 6.42 Å². The summed E-state index contributed by atoms with van der Waals surface area (Å²) in [5, 5.41) is 3.92. The molecule has 2 aromatic carbocycles. The predicted molar refractivity (Wildman–Crippen MR) is 137 cm³/mol. The molecule has 1 heterocycles. The molecule has 0 aromatic heterocycles. The first-order valence-electron chi connectivity index (χ1n) is 10.9. The summed E-state index contributed by atoms with van der Waals surface area (Å²) in [4.78, 5) is 15.1. The molecule has 8 heteroatoms. The third kappa shape index (κ3) is 7.18. The van der Waals surface area contributed by atoms with Crippen LogP contribution in [-0.2, 0) is 14.6 Å². The van der Waals surface area contributed by atoms with Crippen molar-refractivity contribution in [3.05, 3.63) is 59.7 Å². The van der Waals surface area contributed by atoms with Gasteiger partial charge in [0.15, 0.2) is 9.84 Å². The van der Waals surface area contributed by atoms with Crippen molar-refractivity contribution in [2.24, 2.45) is 0 Å². The summed E-state index contributed by atoms with van der Waals surface area (Å²) in [7, 11) is 4.63. The highest BCUT2D eigenvalue weighted by Gasteiger charge is 2.20. The van der Waals surface area contributed by atoms with Crippen molar-refractivity contribution < 1.29 is 13.2 Å². The topological polar surface area (TPSA) is 66.5 Å². The number of sulfone groups is 1. The highest BCUT2D eigenvalue weighted by molar-refractivity contribution is 8.77. The Morgan fingerprint density at radius 3 is 2.50 bits per heavy atom. The van der Waals surface area contributed by atoms with E-state index in [9.17, 15) is 13.2 Å². The third-order valence-corrected chi connectivity index (χ3v) is 9.71. The smallest absolute Gasteiger partial charge is 0.220 e. The number of nitrogens with one attached hydrogen (secondary N) is 1. The Hall–Kier alpha value is -1.64. The van der Waals surface area contributed by atoms with Crippen molar-refractivity contribution in [3.63, 3.8) is 0 Å². The largest absolute Gasteiger partial charge is 0.378 e. The number of hydrogen-bond donors (Lipinski definition) is 1. The number of rotatable bonds is 10. The van der Waals surface area contributed by atoms with Gasteiger partial charge in [-0.2, -0.15) is 0 Å². The van der Waals surface area contributed by atoms with Gasteiger partial charge in [0.1, 0.15) is 0 Å². The number of amides is 1. The van der Waals surface area contributed by atoms with Gasteiger partial charge in [0.25, 0.3) is 0 Å². The highest BCUT2D eigenvalue weighted by atomic mass is 33.1. The molecule has 1 N–H and O–H groups in total. The van der Waals surface area contributed by atoms with E-state index >= 15 is 0 Å². The number of unbranched alkanes of at least 4 members (excludes halogenated alkanes) is 1. The monoisotopic (exact) mass is 492 g/mol. The molecule has 0 bridgehead atoms. The maximum atomic E-state index is 12.8. The quantitative estimate of drug-likeness (QED) is 0.369. The SMILES string of the molecule is CN(C)c1cccc(C(NC(=O)CCCCC2CCSS2)c2ccc(S(C)(=O)=O)cc2)c1. The van der Waals surface area contributed by atoms with E-state index in [-0.39, 0.29) is 16.8 Å². The van der Waals surface area contributed by atoms with Crippen molar-refractivity contribution in [2.45, 2.75) is 48.3 Å². The first-order chi connectivity index (χ1) is 15.2. The van der Waals surface area contributed by atoms with E-state index in [1.807, 2.05) is 58.8 Å². The normalized spacial score (nSPS) is 17.2. The molecular weight excluding hydrogens is 460 g/mol. The van der Waals surface area contributed by atoms with Crippen LogP contribution in [0.1, 0.15) is 49.3 Å². The molecule has 2 atom stereocenters. The zero-order valence-electron chi connectivity index (χ0n) is 18.9. The van der Waals surface area contributed by atoms with Crippen LogP contribution in [0.4, 0.5) is 5.69 Å². The molecule has 0 aliphatic carbocycles. The van der Waals surface area contributed by atoms with Gasteiger partial charge in [0.05, 0.1) is 10.9 Å². The van der Waals surface area contributed by atoms with Gasteiger partial charge >= 0.3 is 0 Å². The van der Waals surface area contributed by atoms with Crippen LogP contribution >= 0.6 is 21.6 Å². The van der Waals surface area contributed by atoms with Gasteiger partial charge in [0.2, 0.25) is 5.91 Å². The zero-order chi connectivity index (χ0) is 23.1. The number of carbonyl (C=O) groups excluding carboxylic acids is 1. The number of anilines is 1. The number of carbonyl (C=O) groups is 1. The van der Waals surface area contributed by atoms with E-state index in [0.717, 1.165) is 34.9 Å². The molecule has 0 spiro atoms. The van der Waals surface area contributed by atoms with Crippen molar-refractivity contribution >= 4 is 43.0 Å². The molecule has 0 radical (unpaired) electrons. The van der Waals surface area contributed by atoms with Gasteiger partial charge < -0.3 is 10.2 Å². The van der Waals surface area contributed by atoms with Crippen LogP contribution in [0.2, 0.25) is 0 Å². The molecule has 2 aromatic rings. The van der Waals surface area contributed by atoms with Crippen LogP contribution in [0.5, 0.6) is 0 Å². The first kappa shape index (κ1) is 25.0. The van der Waals surface area contributed by atoms with Crippen LogP contribution in [0.3, 0.4) is 0 Å². The molecule has 174 valence electrons. The summed E-state index contributed by atoms with van der Waals surface area (Å²) >= 11 is 0. The summed E-state index contributed by atoms with van der Waals surface area (Å²) in [6.07, 6.45) is 6.09. The molecule has 5 nitrogen and oxygen atoms in total. The maximum absolute atomic E-state index is 12.8. The van der Waals surface area contributed by atoms with Crippen LogP contribution in [0.15, 0.2) is 53.4 Å². The average Bonchev–Trinajstić information content (AvgIpc) is 3.28. The Labute approximate surface area is 200 Å². The second-order valence-corrected chi connectivity index (χ2v) is 13.2. The third-order valence-electron chi connectivity index (χ3n) is 5.57. The second kappa shape index (κ2) is 11.5. The number of nitrogens with zero attached hydrogens (tertiary/aromatic N) is 1. The van der Waals surface area contributed by atoms with Crippen LogP contribution in [0.25, 0.3) is 0 Å². The van der Waals surface area contributed by atoms with E-state index in [2.05, 4.69) is 11.4 Å². The Morgan fingerprint density at radius 1 is 1.12 bits per heavy atom. The summed E-state index contributed by atoms with van der Waals surface area (Å²) in [6.45, 7) is 0. The molecule has 2 unspecified atom stereocenters. The molecule has 3 rings (SSSR count). The summed E-state index contributed by atoms with van der Waals surface area (Å²) in [6, 6.07) is 14.5. The molecule has 0 saturated carbocycles. The van der Waals surface area contributed by atoms with Gasteiger partial charge in [-0.05, 0) is 54.7 Å². The van der Waals surface area contributed by atoms with Crippen LogP contribution in [0, 0.1) is 0 Å². The van der Waals surface area contributed by atoms with E-state index in [1.54, 1.807) is 24.3 Å². The molecule has 1 saturated heterocycles. The standard InChI is InChI=1S/C24H32N2O3S3/c1-26(2)20-8-6-7-19(17-20)24(18-11-13-22(14-12-18)32(3,28)29)25-23(27)10-5-4-9-21-15-16-30-31-21/h6-8,11-14,17,21,24H,4-5,9-10,15-16H2,1-3H3,(H,25,27). The number of benzene rings is 2. The average molecular weight is 493 g/mol. The Morgan fingerprint density at radius 2 is 1.88 bits per heavy atom. The van der Waals surface area contributed by atoms with Crippen molar-refractivity contribution in [2.75, 3.05) is 31.0 Å². The highest BCUT2D eigenvalue weighted by Crippen LogP contribution is 2.39. The Kier molecular flexibility index (Phi) is 8.96. The minimum Gasteiger partial charge on any atom is -0.378 e. The maximum Gasteiger partial charge on any atom is 0.220 e. The van der Waals surface area contributed by atoms with Crippen molar-refractivity contribution in [1.82, 2.24) is 5.32 Å². The Bertz CT molecular complexity index is 1000. The van der Waals surface area contributed by atoms with Gasteiger partial charge in [-0.3, -0.25) is 4.79 Å². The molecule has 1 aliphatic rings. The van der Waals surface area contributed by atoms with Gasteiger partial charge in [0, 0.05) is 43.5 Å². The fraction of sp³-hybridized carbons (Fsp3) is 0.458. The Balaban J connectivity index is 1.73. The molecule has 1 amide bonds. The fourth-order valence-electron chi connectivity index (χ4n) is 3.70. The molecule has 32 heavy (non-hydrogen) atoms. The second-order valence-electron chi connectivity index (χ2n) is 8.41. The lowest BCUT2D eigenvalue weighted by Crippen LogP contribution is -2.29. The first-order valence-corrected chi connectivity index (χ1v) is 15.2. The zero-order valence-corrected chi connectivity index (χ0v) is 21.4. The van der Waals surface area contributed by atoms with E-state index in [1.165, 1.54) is 24.9 Å². The van der Waals surface area contributed by atoms with Crippen molar-refractivity contribution in [1.29, 1.82) is 0 Å². The molecule has 1 fully saturated rings. The lowest BCUT2D eigenvalue weighted by Gasteiger charge is -2.22. The summed E-state index contributed by atoms with van der Waals surface area (Å²) < 4.78 is 23.7. The van der Waals surface area contributed by atoms with Crippen LogP contribution < -0.4 is 10.2 Å². The summed E-state index contributed by atoms with van der Waals surface area (Å²) in [5.74, 6) is 1.26.